The summed E-state index contributed by atoms with van der Waals surface area (Å²) >= 11 is 0. The Hall–Kier alpha value is -5.02. The summed E-state index contributed by atoms with van der Waals surface area (Å²) in [4.78, 5) is 0. The summed E-state index contributed by atoms with van der Waals surface area (Å²) in [6.45, 7) is 27.0. The van der Waals surface area contributed by atoms with Crippen LogP contribution in [0.3, 0.4) is 0 Å². The molecule has 7 aromatic rings. The monoisotopic (exact) mass is 840 g/mol. The van der Waals surface area contributed by atoms with Gasteiger partial charge in [-0.1, -0.05) is 162 Å². The molecule has 2 aromatic heterocycles. The molecule has 6 nitrogen and oxygen atoms in total. The minimum atomic E-state index is -1.98. The molecule has 1 atom stereocenters. The minimum absolute atomic E-state index is 0.193. The van der Waals surface area contributed by atoms with E-state index in [9.17, 15) is 0 Å². The number of benzene rings is 5. The normalized spacial score (nSPS) is 13.8. The van der Waals surface area contributed by atoms with Gasteiger partial charge in [0.1, 0.15) is 34.0 Å². The maximum atomic E-state index is 7.31. The third-order valence-electron chi connectivity index (χ3n) is 11.2. The second-order valence-corrected chi connectivity index (χ2v) is 22.1. The molecule has 1 aliphatic rings. The fourth-order valence-electron chi connectivity index (χ4n) is 7.71. The molecule has 1 unspecified atom stereocenters. The van der Waals surface area contributed by atoms with Crippen molar-refractivity contribution in [2.75, 3.05) is 0 Å². The van der Waals surface area contributed by atoms with E-state index in [0.717, 1.165) is 68.2 Å². The standard InChI is InChI=1S/C52H58O6P2/c1-49(2,3)33-29-39(47(41(31-33)51(7,8)9)57-59-53-43-25-17-13-21-35(43)36-22-14-18-26-44(36)54-59)40-30-34(50(4,5)6)32-42(52(10,11)12)48(40)58-60-55-45-27-19-15-23-37(45)38-24-16-20-28-46(38)56-60/h13-19,21-27,29-32H,20,28H2,1-12H3. The molecule has 0 N–H and O–H groups in total. The topological polar surface area (TPSA) is 71.0 Å². The smallest absolute Gasteiger partial charge is 0.395 e. The predicted molar refractivity (Wildman–Crippen MR) is 251 cm³/mol. The van der Waals surface area contributed by atoms with E-state index < -0.39 is 16.5 Å². The Morgan fingerprint density at radius 1 is 0.467 bits per heavy atom. The molecule has 1 aliphatic carbocycles. The van der Waals surface area contributed by atoms with Gasteiger partial charge in [-0.25, -0.2) is 0 Å². The molecule has 0 amide bonds. The van der Waals surface area contributed by atoms with Crippen LogP contribution < -0.4 is 9.05 Å². The minimum Gasteiger partial charge on any atom is -0.395 e. The van der Waals surface area contributed by atoms with E-state index in [2.05, 4.69) is 138 Å². The van der Waals surface area contributed by atoms with Crippen molar-refractivity contribution in [3.05, 3.63) is 137 Å². The summed E-state index contributed by atoms with van der Waals surface area (Å²) in [6.07, 6.45) is 6.01. The second-order valence-electron chi connectivity index (χ2n) is 20.1. The average Bonchev–Trinajstić information content (AvgIpc) is 3.43. The summed E-state index contributed by atoms with van der Waals surface area (Å²) < 4.78 is 41.7. The number of hydrogen-bond donors (Lipinski definition) is 0. The molecule has 0 aliphatic heterocycles. The first-order valence-corrected chi connectivity index (χ1v) is 23.2. The van der Waals surface area contributed by atoms with Gasteiger partial charge in [0, 0.05) is 50.4 Å². The molecular formula is C52H58O6P2. The molecule has 312 valence electrons. The van der Waals surface area contributed by atoms with Gasteiger partial charge in [0.05, 0.1) is 0 Å². The number of aryl methyl sites for hydroxylation is 1. The lowest BCUT2D eigenvalue weighted by atomic mass is 9.75. The lowest BCUT2D eigenvalue weighted by Crippen LogP contribution is -2.19. The Labute approximate surface area is 356 Å². The first-order valence-electron chi connectivity index (χ1n) is 21.0. The maximum Gasteiger partial charge on any atom is 0.453 e. The third-order valence-corrected chi connectivity index (χ3v) is 13.3. The fraction of sp³-hybridized carbons (Fsp3) is 0.346. The van der Waals surface area contributed by atoms with Gasteiger partial charge in [0.25, 0.3) is 0 Å². The highest BCUT2D eigenvalue weighted by Gasteiger charge is 2.33. The second kappa shape index (κ2) is 15.5. The Balaban J connectivity index is 1.48. The van der Waals surface area contributed by atoms with Crippen LogP contribution in [0.1, 0.15) is 123 Å². The molecule has 2 heterocycles. The molecule has 5 aromatic carbocycles. The highest BCUT2D eigenvalue weighted by atomic mass is 31.1. The van der Waals surface area contributed by atoms with E-state index in [1.165, 1.54) is 11.1 Å². The summed E-state index contributed by atoms with van der Waals surface area (Å²) in [6, 6.07) is 33.4. The van der Waals surface area contributed by atoms with Crippen molar-refractivity contribution in [1.82, 2.24) is 0 Å². The summed E-state index contributed by atoms with van der Waals surface area (Å²) in [5.74, 6) is 2.28. The number of hydrogen-bond acceptors (Lipinski definition) is 6. The quantitative estimate of drug-likeness (QED) is 0.172. The van der Waals surface area contributed by atoms with Gasteiger partial charge in [-0.3, -0.25) is 0 Å². The zero-order chi connectivity index (χ0) is 42.8. The molecule has 0 saturated carbocycles. The Bertz CT molecular complexity index is 2810. The maximum absolute atomic E-state index is 7.31. The Morgan fingerprint density at radius 3 is 1.30 bits per heavy atom. The lowest BCUT2D eigenvalue weighted by molar-refractivity contribution is 0.451. The van der Waals surface area contributed by atoms with Crippen LogP contribution >= 0.6 is 16.5 Å². The zero-order valence-corrected chi connectivity index (χ0v) is 38.9. The lowest BCUT2D eigenvalue weighted by Gasteiger charge is -2.31. The van der Waals surface area contributed by atoms with Crippen LogP contribution in [-0.4, -0.2) is 0 Å². The van der Waals surface area contributed by atoms with E-state index in [1.54, 1.807) is 0 Å². The van der Waals surface area contributed by atoms with Gasteiger partial charge in [-0.15, -0.1) is 0 Å². The van der Waals surface area contributed by atoms with Crippen LogP contribution in [0.5, 0.6) is 11.5 Å². The first kappa shape index (κ1) is 41.7. The first-order chi connectivity index (χ1) is 28.3. The van der Waals surface area contributed by atoms with Gasteiger partial charge < -0.3 is 25.8 Å². The van der Waals surface area contributed by atoms with Crippen molar-refractivity contribution in [3.8, 4) is 22.6 Å². The van der Waals surface area contributed by atoms with Crippen LogP contribution in [-0.2, 0) is 28.1 Å². The van der Waals surface area contributed by atoms with Gasteiger partial charge in [0.2, 0.25) is 0 Å². The van der Waals surface area contributed by atoms with E-state index >= 15 is 0 Å². The van der Waals surface area contributed by atoms with Gasteiger partial charge >= 0.3 is 16.5 Å². The molecule has 60 heavy (non-hydrogen) atoms. The van der Waals surface area contributed by atoms with Crippen molar-refractivity contribution in [1.29, 1.82) is 0 Å². The van der Waals surface area contributed by atoms with E-state index in [4.69, 9.17) is 25.8 Å². The SMILES string of the molecule is CC(C)(C)c1cc(-c2cc(C(C)(C)C)cc(C(C)(C)C)c2Op2oc3ccccc3c3ccccc3o2)c(Op2oc3c(c4ccccc4o2)C=CCC3)c(C(C)(C)C)c1. The van der Waals surface area contributed by atoms with Crippen LogP contribution in [0.15, 0.2) is 120 Å². The molecule has 0 fully saturated rings. The van der Waals surface area contributed by atoms with Gasteiger partial charge in [-0.2, -0.15) is 0 Å². The van der Waals surface area contributed by atoms with Crippen LogP contribution in [0.2, 0.25) is 0 Å². The molecule has 8 heteroatoms. The number of fused-ring (bicyclic) bond motifs is 6. The third kappa shape index (κ3) is 8.34. The van der Waals surface area contributed by atoms with Crippen molar-refractivity contribution >= 4 is 55.5 Å². The largest absolute Gasteiger partial charge is 0.453 e. The van der Waals surface area contributed by atoms with Crippen molar-refractivity contribution in [2.45, 2.75) is 118 Å². The molecule has 0 saturated heterocycles. The predicted octanol–water partition coefficient (Wildman–Crippen LogP) is 17.2. The highest BCUT2D eigenvalue weighted by molar-refractivity contribution is 7.32. The fourth-order valence-corrected chi connectivity index (χ4v) is 9.95. The van der Waals surface area contributed by atoms with Crippen LogP contribution in [0.25, 0.3) is 50.1 Å². The van der Waals surface area contributed by atoms with E-state index in [-0.39, 0.29) is 21.7 Å². The number of allylic oxidation sites excluding steroid dienone is 1. The molecule has 0 spiro atoms. The van der Waals surface area contributed by atoms with E-state index in [1.807, 2.05) is 54.6 Å². The Kier molecular flexibility index (Phi) is 10.7. The van der Waals surface area contributed by atoms with E-state index in [0.29, 0.717) is 22.7 Å². The summed E-state index contributed by atoms with van der Waals surface area (Å²) in [5.41, 5.74) is 8.39. The highest BCUT2D eigenvalue weighted by Crippen LogP contribution is 2.53. The van der Waals surface area contributed by atoms with Crippen molar-refractivity contribution < 1.29 is 25.8 Å². The van der Waals surface area contributed by atoms with Gasteiger partial charge in [-0.05, 0) is 69.5 Å². The van der Waals surface area contributed by atoms with Crippen LogP contribution in [0, 0.1) is 0 Å². The van der Waals surface area contributed by atoms with Crippen LogP contribution in [0.4, 0.5) is 0 Å². The van der Waals surface area contributed by atoms with Gasteiger partial charge in [0.15, 0.2) is 0 Å². The van der Waals surface area contributed by atoms with Crippen molar-refractivity contribution in [3.63, 3.8) is 0 Å². The Morgan fingerprint density at radius 2 is 0.867 bits per heavy atom. The summed E-state index contributed by atoms with van der Waals surface area (Å²) in [5, 5.41) is 2.93. The molecule has 8 rings (SSSR count). The number of para-hydroxylation sites is 3. The number of rotatable bonds is 5. The molecule has 0 radical (unpaired) electrons. The zero-order valence-electron chi connectivity index (χ0n) is 37.2. The summed E-state index contributed by atoms with van der Waals surface area (Å²) in [7, 11) is -3.92. The molecular weight excluding hydrogens is 783 g/mol. The average molecular weight is 841 g/mol. The molecule has 0 bridgehead atoms. The van der Waals surface area contributed by atoms with Crippen molar-refractivity contribution in [2.24, 2.45) is 0 Å².